The Labute approximate surface area is 118 Å². The van der Waals surface area contributed by atoms with Gasteiger partial charge >= 0.3 is 0 Å². The molecule has 0 aliphatic carbocycles. The summed E-state index contributed by atoms with van der Waals surface area (Å²) >= 11 is 0. The Bertz CT molecular complexity index is 680. The monoisotopic (exact) mass is 295 g/mol. The molecule has 20 heavy (non-hydrogen) atoms. The number of hydrogen-bond acceptors (Lipinski definition) is 4. The molecule has 0 bridgehead atoms. The third-order valence-electron chi connectivity index (χ3n) is 2.73. The lowest BCUT2D eigenvalue weighted by molar-refractivity contribution is 0.322. The van der Waals surface area contributed by atoms with E-state index >= 15 is 0 Å². The van der Waals surface area contributed by atoms with Gasteiger partial charge in [0.25, 0.3) is 0 Å². The number of aromatic nitrogens is 2. The predicted molar refractivity (Wildman–Crippen MR) is 75.2 cm³/mol. The maximum Gasteiger partial charge on any atom is 0.244 e. The van der Waals surface area contributed by atoms with Gasteiger partial charge in [0.1, 0.15) is 17.3 Å². The fourth-order valence-corrected chi connectivity index (χ4v) is 2.89. The molecule has 0 spiro atoms. The molecule has 0 unspecified atom stereocenters. The first-order chi connectivity index (χ1) is 9.49. The van der Waals surface area contributed by atoms with Gasteiger partial charge in [-0.1, -0.05) is 12.1 Å². The van der Waals surface area contributed by atoms with Gasteiger partial charge in [-0.2, -0.15) is 5.10 Å². The molecule has 1 aromatic heterocycles. The van der Waals surface area contributed by atoms with Crippen molar-refractivity contribution in [3.63, 3.8) is 0 Å². The summed E-state index contributed by atoms with van der Waals surface area (Å²) in [4.78, 5) is 0.160. The summed E-state index contributed by atoms with van der Waals surface area (Å²) in [7, 11) is -3.53. The van der Waals surface area contributed by atoms with Crippen molar-refractivity contribution < 1.29 is 13.2 Å². The lowest BCUT2D eigenvalue weighted by Gasteiger charge is -2.08. The summed E-state index contributed by atoms with van der Waals surface area (Å²) in [6.07, 6.45) is 1.29. The minimum Gasteiger partial charge on any atom is -0.492 e. The zero-order valence-electron chi connectivity index (χ0n) is 11.4. The van der Waals surface area contributed by atoms with Crippen LogP contribution in [-0.4, -0.2) is 31.8 Å². The van der Waals surface area contributed by atoms with Crippen LogP contribution in [0.25, 0.3) is 0 Å². The van der Waals surface area contributed by atoms with Gasteiger partial charge in [-0.15, -0.1) is 0 Å². The number of sulfonamides is 1. The smallest absolute Gasteiger partial charge is 0.244 e. The van der Waals surface area contributed by atoms with Crippen LogP contribution < -0.4 is 9.46 Å². The summed E-state index contributed by atoms with van der Waals surface area (Å²) in [5.74, 6) is 0.726. The van der Waals surface area contributed by atoms with Crippen LogP contribution in [0, 0.1) is 13.8 Å². The van der Waals surface area contributed by atoms with Crippen molar-refractivity contribution in [1.82, 2.24) is 14.9 Å². The van der Waals surface area contributed by atoms with Crippen LogP contribution in [0.15, 0.2) is 35.4 Å². The Morgan fingerprint density at radius 2 is 2.15 bits per heavy atom. The van der Waals surface area contributed by atoms with Gasteiger partial charge in [-0.25, -0.2) is 13.1 Å². The van der Waals surface area contributed by atoms with Gasteiger partial charge in [-0.05, 0) is 31.5 Å². The normalized spacial score (nSPS) is 11.5. The topological polar surface area (TPSA) is 84.1 Å². The third kappa shape index (κ3) is 3.58. The first kappa shape index (κ1) is 14.5. The number of ether oxygens (including phenoxy) is 1. The lowest BCUT2D eigenvalue weighted by Crippen LogP contribution is -2.28. The Morgan fingerprint density at radius 3 is 2.80 bits per heavy atom. The van der Waals surface area contributed by atoms with Gasteiger partial charge in [0.2, 0.25) is 10.0 Å². The predicted octanol–water partition coefficient (Wildman–Crippen LogP) is 1.38. The largest absolute Gasteiger partial charge is 0.492 e. The molecule has 0 radical (unpaired) electrons. The number of nitrogens with one attached hydrogen (secondary N) is 2. The van der Waals surface area contributed by atoms with Crippen molar-refractivity contribution in [3.05, 3.63) is 41.7 Å². The van der Waals surface area contributed by atoms with Gasteiger partial charge in [0.15, 0.2) is 0 Å². The highest BCUT2D eigenvalue weighted by molar-refractivity contribution is 7.89. The molecular weight excluding hydrogens is 278 g/mol. The summed E-state index contributed by atoms with van der Waals surface area (Å²) in [6, 6.07) is 7.59. The Balaban J connectivity index is 1.86. The number of aryl methyl sites for hydroxylation is 2. The van der Waals surface area contributed by atoms with Crippen LogP contribution in [0.5, 0.6) is 5.75 Å². The highest BCUT2D eigenvalue weighted by Gasteiger charge is 2.17. The zero-order valence-corrected chi connectivity index (χ0v) is 12.2. The Morgan fingerprint density at radius 1 is 1.35 bits per heavy atom. The number of hydrogen-bond donors (Lipinski definition) is 2. The number of rotatable bonds is 6. The molecule has 0 fully saturated rings. The average molecular weight is 295 g/mol. The van der Waals surface area contributed by atoms with Gasteiger partial charge in [-0.3, -0.25) is 5.10 Å². The number of H-pyrrole nitrogens is 1. The van der Waals surface area contributed by atoms with E-state index in [1.165, 1.54) is 6.20 Å². The van der Waals surface area contributed by atoms with Crippen molar-refractivity contribution in [2.75, 3.05) is 13.2 Å². The maximum atomic E-state index is 12.0. The van der Waals surface area contributed by atoms with E-state index in [9.17, 15) is 8.42 Å². The highest BCUT2D eigenvalue weighted by Crippen LogP contribution is 2.12. The second kappa shape index (κ2) is 6.06. The molecule has 2 N–H and O–H groups in total. The van der Waals surface area contributed by atoms with E-state index in [-0.39, 0.29) is 18.0 Å². The van der Waals surface area contributed by atoms with Crippen LogP contribution in [0.3, 0.4) is 0 Å². The summed E-state index contributed by atoms with van der Waals surface area (Å²) in [5, 5.41) is 6.29. The van der Waals surface area contributed by atoms with Crippen molar-refractivity contribution in [3.8, 4) is 5.75 Å². The van der Waals surface area contributed by atoms with Crippen LogP contribution in [0.4, 0.5) is 0 Å². The first-order valence-corrected chi connectivity index (χ1v) is 7.66. The lowest BCUT2D eigenvalue weighted by atomic mass is 10.2. The molecule has 0 aliphatic rings. The second-order valence-electron chi connectivity index (χ2n) is 4.42. The number of aromatic amines is 1. The van der Waals surface area contributed by atoms with E-state index in [0.717, 1.165) is 11.3 Å². The molecule has 2 rings (SSSR count). The molecule has 7 heteroatoms. The Kier molecular flexibility index (Phi) is 4.41. The summed E-state index contributed by atoms with van der Waals surface area (Å²) < 4.78 is 31.9. The summed E-state index contributed by atoms with van der Waals surface area (Å²) in [6.45, 7) is 4.09. The molecule has 2 aromatic rings. The first-order valence-electron chi connectivity index (χ1n) is 6.18. The second-order valence-corrected chi connectivity index (χ2v) is 6.16. The van der Waals surface area contributed by atoms with Gasteiger partial charge in [0, 0.05) is 6.54 Å². The van der Waals surface area contributed by atoms with Crippen molar-refractivity contribution >= 4 is 10.0 Å². The van der Waals surface area contributed by atoms with E-state index in [1.54, 1.807) is 6.92 Å². The van der Waals surface area contributed by atoms with E-state index in [0.29, 0.717) is 5.69 Å². The molecule has 0 aliphatic heterocycles. The quantitative estimate of drug-likeness (QED) is 0.789. The average Bonchev–Trinajstić information content (AvgIpc) is 2.82. The molecule has 0 amide bonds. The van der Waals surface area contributed by atoms with E-state index in [4.69, 9.17) is 4.74 Å². The van der Waals surface area contributed by atoms with Gasteiger partial charge < -0.3 is 4.74 Å². The maximum absolute atomic E-state index is 12.0. The zero-order chi connectivity index (χ0) is 14.6. The van der Waals surface area contributed by atoms with E-state index < -0.39 is 10.0 Å². The van der Waals surface area contributed by atoms with Crippen molar-refractivity contribution in [2.45, 2.75) is 18.7 Å². The molecule has 0 saturated heterocycles. The molecule has 108 valence electrons. The van der Waals surface area contributed by atoms with Crippen LogP contribution in [0.2, 0.25) is 0 Å². The number of nitrogens with zero attached hydrogens (tertiary/aromatic N) is 1. The molecule has 1 heterocycles. The fourth-order valence-electron chi connectivity index (χ4n) is 1.74. The molecular formula is C13H17N3O3S. The summed E-state index contributed by atoms with van der Waals surface area (Å²) in [5.41, 5.74) is 1.61. The molecule has 0 saturated carbocycles. The minimum atomic E-state index is -3.53. The number of benzene rings is 1. The van der Waals surface area contributed by atoms with Crippen LogP contribution >= 0.6 is 0 Å². The van der Waals surface area contributed by atoms with E-state index in [2.05, 4.69) is 14.9 Å². The van der Waals surface area contributed by atoms with Gasteiger partial charge in [0.05, 0.1) is 11.9 Å². The third-order valence-corrected chi connectivity index (χ3v) is 4.30. The molecule has 1 aromatic carbocycles. The van der Waals surface area contributed by atoms with Crippen molar-refractivity contribution in [1.29, 1.82) is 0 Å². The standard InChI is InChI=1S/C13H17N3O3S/c1-10-4-3-5-12(8-10)19-7-6-15-20(17,18)13-9-14-16-11(13)2/h3-5,8-9,15H,6-7H2,1-2H3,(H,14,16). The molecule has 6 nitrogen and oxygen atoms in total. The minimum absolute atomic E-state index is 0.160. The van der Waals surface area contributed by atoms with Crippen molar-refractivity contribution in [2.24, 2.45) is 0 Å². The molecule has 0 atom stereocenters. The van der Waals surface area contributed by atoms with E-state index in [1.807, 2.05) is 31.2 Å². The van der Waals surface area contributed by atoms with Crippen LogP contribution in [-0.2, 0) is 10.0 Å². The fraction of sp³-hybridized carbons (Fsp3) is 0.308. The highest BCUT2D eigenvalue weighted by atomic mass is 32.2. The SMILES string of the molecule is Cc1cccc(OCCNS(=O)(=O)c2cn[nH]c2C)c1. The van der Waals surface area contributed by atoms with Crippen LogP contribution in [0.1, 0.15) is 11.3 Å². The Hall–Kier alpha value is -1.86.